The van der Waals surface area contributed by atoms with Gasteiger partial charge >= 0.3 is 113 Å². The predicted octanol–water partition coefficient (Wildman–Crippen LogP) is 6.77. The van der Waals surface area contributed by atoms with Crippen LogP contribution in [0.3, 0.4) is 0 Å². The van der Waals surface area contributed by atoms with E-state index in [9.17, 15) is 0 Å². The van der Waals surface area contributed by atoms with Crippen LogP contribution in [0.25, 0.3) is 0 Å². The molecule has 6 nitrogen and oxygen atoms in total. The number of hydrogen-bond donors (Lipinski definition) is 3. The van der Waals surface area contributed by atoms with Crippen LogP contribution in [0, 0.1) is 0 Å². The van der Waals surface area contributed by atoms with E-state index in [1.807, 2.05) is 0 Å². The van der Waals surface area contributed by atoms with Crippen molar-refractivity contribution in [3.05, 3.63) is 0 Å². The molecule has 0 aromatic rings. The molecule has 5 N–H and O–H groups in total. The van der Waals surface area contributed by atoms with Gasteiger partial charge < -0.3 is 10.6 Å². The van der Waals surface area contributed by atoms with Crippen molar-refractivity contribution in [1.82, 2.24) is 0 Å². The van der Waals surface area contributed by atoms with E-state index < -0.39 is 10.4 Å². The number of aliphatic hydroxyl groups is 1. The summed E-state index contributed by atoms with van der Waals surface area (Å²) in [4.78, 5) is 0. The molecule has 0 fully saturated rings. The molecule has 190 valence electrons. The SMILES string of the molecule is CCCCCCC.CCCCCCCCCCC[CH2][Na].CCCCO.O.O=S(=O)(O)O. The average molecular weight is 483 g/mol. The molecule has 0 unspecified atom stereocenters. The Bertz CT molecular complexity index is 330. The van der Waals surface area contributed by atoms with Gasteiger partial charge in [0.05, 0.1) is 0 Å². The minimum absolute atomic E-state index is 0. The largest absolute Gasteiger partial charge is 0.412 e. The van der Waals surface area contributed by atoms with Crippen molar-refractivity contribution >= 4 is 38.3 Å². The molecule has 0 aliphatic rings. The van der Waals surface area contributed by atoms with Crippen molar-refractivity contribution in [3.63, 3.8) is 0 Å². The Labute approximate surface area is 212 Å². The summed E-state index contributed by atoms with van der Waals surface area (Å²) < 4.78 is 33.1. The molecule has 0 aliphatic carbocycles. The van der Waals surface area contributed by atoms with Gasteiger partial charge in [0.2, 0.25) is 0 Å². The summed E-state index contributed by atoms with van der Waals surface area (Å²) in [5.41, 5.74) is 0. The second kappa shape index (κ2) is 41.1. The third-order valence-electron chi connectivity index (χ3n) is 4.43. The fraction of sp³-hybridized carbons (Fsp3) is 1.00. The zero-order valence-corrected chi connectivity index (χ0v) is 24.3. The Morgan fingerprint density at radius 3 is 0.968 bits per heavy atom. The van der Waals surface area contributed by atoms with Gasteiger partial charge in [-0.15, -0.1) is 0 Å². The van der Waals surface area contributed by atoms with Crippen LogP contribution in [0.4, 0.5) is 0 Å². The van der Waals surface area contributed by atoms with Crippen LogP contribution in [0.2, 0.25) is 3.67 Å². The molecule has 0 aliphatic heterocycles. The van der Waals surface area contributed by atoms with E-state index in [0.29, 0.717) is 6.61 Å². The predicted molar refractivity (Wildman–Crippen MR) is 137 cm³/mol. The molecular weight excluding hydrogens is 427 g/mol. The van der Waals surface area contributed by atoms with Crippen molar-refractivity contribution in [2.75, 3.05) is 6.61 Å². The topological polar surface area (TPSA) is 126 Å². The maximum absolute atomic E-state index is 8.74. The Kier molecular flexibility index (Phi) is 55.6. The van der Waals surface area contributed by atoms with Gasteiger partial charge in [0.25, 0.3) is 0 Å². The number of hydrogen-bond acceptors (Lipinski definition) is 3. The normalized spacial score (nSPS) is 9.84. The monoisotopic (exact) mass is 482 g/mol. The Morgan fingerprint density at radius 1 is 0.548 bits per heavy atom. The van der Waals surface area contributed by atoms with Crippen molar-refractivity contribution in [1.29, 1.82) is 0 Å². The average Bonchev–Trinajstić information content (AvgIpc) is 2.68. The molecular formula is C23H55NaO6S. The van der Waals surface area contributed by atoms with Gasteiger partial charge in [-0.2, -0.15) is 8.42 Å². The molecule has 31 heavy (non-hydrogen) atoms. The maximum Gasteiger partial charge on any atom is 0.394 e. The maximum atomic E-state index is 8.74. The zero-order valence-electron chi connectivity index (χ0n) is 21.5. The number of rotatable bonds is 16. The number of unbranched alkanes of at least 4 members (excludes halogenated alkanes) is 14. The van der Waals surface area contributed by atoms with E-state index in [1.54, 1.807) is 0 Å². The van der Waals surface area contributed by atoms with Crippen molar-refractivity contribution in [2.45, 2.75) is 141 Å². The molecule has 0 saturated heterocycles. The van der Waals surface area contributed by atoms with Crippen LogP contribution >= 0.6 is 0 Å². The molecule has 0 amide bonds. The molecule has 0 aromatic heterocycles. The smallest absolute Gasteiger partial charge is 0.394 e. The molecule has 0 aromatic carbocycles. The zero-order chi connectivity index (χ0) is 23.9. The Balaban J connectivity index is -0.000000106. The standard InChI is InChI=1S/C12H25.C7H16.C4H10O.Na.H2O4S.H2O/c1-3-5-7-9-11-12-10-8-6-4-2;1-3-5-7-6-4-2;1-2-3-4-5;;1-5(2,3)4;/h1,3-12H2,2H3;3-7H2,1-2H3;5H,2-4H2,1H3;;(H2,1,2,3,4);1H2. The van der Waals surface area contributed by atoms with E-state index in [1.165, 1.54) is 128 Å². The molecule has 0 radical (unpaired) electrons. The van der Waals surface area contributed by atoms with Crippen molar-refractivity contribution < 1.29 is 28.1 Å². The van der Waals surface area contributed by atoms with Gasteiger partial charge in [-0.3, -0.25) is 9.11 Å². The quantitative estimate of drug-likeness (QED) is 0.127. The first kappa shape index (κ1) is 42.0. The van der Waals surface area contributed by atoms with Crippen LogP contribution in [-0.2, 0) is 10.4 Å². The van der Waals surface area contributed by atoms with Crippen LogP contribution in [-0.4, -0.2) is 62.6 Å². The van der Waals surface area contributed by atoms with E-state index >= 15 is 0 Å². The minimum atomic E-state index is -4.67. The molecule has 8 heteroatoms. The summed E-state index contributed by atoms with van der Waals surface area (Å²) in [6, 6.07) is 0. The Morgan fingerprint density at radius 2 is 0.774 bits per heavy atom. The molecule has 0 rings (SSSR count). The number of aliphatic hydroxyl groups excluding tert-OH is 1. The fourth-order valence-electron chi connectivity index (χ4n) is 2.57. The van der Waals surface area contributed by atoms with Crippen molar-refractivity contribution in [2.24, 2.45) is 0 Å². The van der Waals surface area contributed by atoms with E-state index in [0.717, 1.165) is 12.8 Å². The summed E-state index contributed by atoms with van der Waals surface area (Å²) >= 11 is 1.41. The second-order valence-corrected chi connectivity index (χ2v) is 9.66. The van der Waals surface area contributed by atoms with Crippen LogP contribution in [0.1, 0.15) is 137 Å². The summed E-state index contributed by atoms with van der Waals surface area (Å²) in [6.07, 6.45) is 23.8. The summed E-state index contributed by atoms with van der Waals surface area (Å²) in [5.74, 6) is 0. The van der Waals surface area contributed by atoms with Gasteiger partial charge in [-0.05, 0) is 6.42 Å². The van der Waals surface area contributed by atoms with Crippen molar-refractivity contribution in [3.8, 4) is 0 Å². The van der Waals surface area contributed by atoms with E-state index in [-0.39, 0.29) is 5.48 Å². The third-order valence-corrected chi connectivity index (χ3v) is 5.13. The fourth-order valence-corrected chi connectivity index (χ4v) is 3.07. The summed E-state index contributed by atoms with van der Waals surface area (Å²) in [6.45, 7) is 9.17. The third kappa shape index (κ3) is 90.5. The van der Waals surface area contributed by atoms with Crippen LogP contribution in [0.5, 0.6) is 0 Å². The van der Waals surface area contributed by atoms with Gasteiger partial charge in [-0.1, -0.05) is 59.3 Å². The summed E-state index contributed by atoms with van der Waals surface area (Å²) in [7, 11) is -4.67. The molecule has 0 heterocycles. The van der Waals surface area contributed by atoms with Gasteiger partial charge in [0.15, 0.2) is 0 Å². The molecule has 0 spiro atoms. The van der Waals surface area contributed by atoms with E-state index in [2.05, 4.69) is 27.7 Å². The van der Waals surface area contributed by atoms with Gasteiger partial charge in [-0.25, -0.2) is 0 Å². The molecule has 0 atom stereocenters. The minimum Gasteiger partial charge on any atom is -0.412 e. The van der Waals surface area contributed by atoms with Crippen LogP contribution < -0.4 is 0 Å². The molecule has 0 bridgehead atoms. The first-order chi connectivity index (χ1) is 14.2. The Hall–Kier alpha value is 0.790. The van der Waals surface area contributed by atoms with E-state index in [4.69, 9.17) is 22.6 Å². The van der Waals surface area contributed by atoms with Gasteiger partial charge in [0, 0.05) is 6.61 Å². The summed E-state index contributed by atoms with van der Waals surface area (Å²) in [5, 5.41) is 8.07. The first-order valence-corrected chi connectivity index (χ1v) is 15.4. The molecule has 0 saturated carbocycles. The second-order valence-electron chi connectivity index (χ2n) is 7.77. The van der Waals surface area contributed by atoms with Gasteiger partial charge in [0.1, 0.15) is 0 Å². The van der Waals surface area contributed by atoms with Crippen LogP contribution in [0.15, 0.2) is 0 Å². The first-order valence-electron chi connectivity index (χ1n) is 12.6.